The maximum atomic E-state index is 12.6. The van der Waals surface area contributed by atoms with Gasteiger partial charge in [0.1, 0.15) is 5.69 Å². The van der Waals surface area contributed by atoms with Crippen LogP contribution in [0, 0.1) is 0 Å². The van der Waals surface area contributed by atoms with Crippen LogP contribution < -0.4 is 10.2 Å². The van der Waals surface area contributed by atoms with Crippen molar-refractivity contribution in [1.82, 2.24) is 20.1 Å². The van der Waals surface area contributed by atoms with Gasteiger partial charge in [0, 0.05) is 25.8 Å². The number of hydrogen-bond acceptors (Lipinski definition) is 5. The minimum Gasteiger partial charge on any atom is -0.347 e. The average Bonchev–Trinajstić information content (AvgIpc) is 3.30. The maximum absolute atomic E-state index is 12.6. The van der Waals surface area contributed by atoms with E-state index in [-0.39, 0.29) is 5.91 Å². The van der Waals surface area contributed by atoms with Crippen molar-refractivity contribution in [1.29, 1.82) is 0 Å². The van der Waals surface area contributed by atoms with Crippen LogP contribution in [0.15, 0.2) is 48.7 Å². The first-order valence-electron chi connectivity index (χ1n) is 9.39. The molecule has 0 radical (unpaired) electrons. The second kappa shape index (κ2) is 8.35. The van der Waals surface area contributed by atoms with E-state index in [1.54, 1.807) is 0 Å². The Balaban J connectivity index is 1.47. The Labute approximate surface area is 162 Å². The first-order valence-corrected chi connectivity index (χ1v) is 10.2. The summed E-state index contributed by atoms with van der Waals surface area (Å²) in [5, 5.41) is 13.4. The molecule has 0 saturated carbocycles. The summed E-state index contributed by atoms with van der Waals surface area (Å²) in [5.41, 5.74) is 1.65. The third-order valence-corrected chi connectivity index (χ3v) is 5.75. The molecule has 0 atom stereocenters. The highest BCUT2D eigenvalue weighted by molar-refractivity contribution is 7.17. The quantitative estimate of drug-likeness (QED) is 0.733. The molecule has 6 nitrogen and oxygen atoms in total. The van der Waals surface area contributed by atoms with Gasteiger partial charge in [-0.15, -0.1) is 10.2 Å². The summed E-state index contributed by atoms with van der Waals surface area (Å²) in [6.07, 6.45) is 6.83. The molecule has 27 heavy (non-hydrogen) atoms. The van der Waals surface area contributed by atoms with Gasteiger partial charge in [-0.1, -0.05) is 54.5 Å². The normalized spacial score (nSPS) is 14.7. The van der Waals surface area contributed by atoms with Crippen molar-refractivity contribution < 1.29 is 4.79 Å². The number of nitrogens with one attached hydrogen (secondary N) is 1. The van der Waals surface area contributed by atoms with E-state index < -0.39 is 0 Å². The lowest BCUT2D eigenvalue weighted by Gasteiger charge is -2.17. The van der Waals surface area contributed by atoms with Gasteiger partial charge in [-0.05, 0) is 30.5 Å². The lowest BCUT2D eigenvalue weighted by atomic mass is 10.2. The zero-order valence-corrected chi connectivity index (χ0v) is 16.0. The number of carbonyl (C=O) groups excluding carboxylic acids is 1. The highest BCUT2D eigenvalue weighted by Crippen LogP contribution is 2.26. The van der Waals surface area contributed by atoms with Crippen molar-refractivity contribution in [3.8, 4) is 5.13 Å². The molecule has 7 heteroatoms. The molecule has 1 amide bonds. The van der Waals surface area contributed by atoms with Crippen molar-refractivity contribution in [3.63, 3.8) is 0 Å². The van der Waals surface area contributed by atoms with Crippen LogP contribution in [0.4, 0.5) is 5.13 Å². The second-order valence-electron chi connectivity index (χ2n) is 6.70. The monoisotopic (exact) mass is 381 g/mol. The molecule has 1 N–H and O–H groups in total. The van der Waals surface area contributed by atoms with Gasteiger partial charge in [0.05, 0.1) is 0 Å². The molecular weight excluding hydrogens is 358 g/mol. The smallest absolute Gasteiger partial charge is 0.268 e. The molecule has 2 aromatic heterocycles. The zero-order chi connectivity index (χ0) is 18.5. The topological polar surface area (TPSA) is 63.1 Å². The van der Waals surface area contributed by atoms with Crippen molar-refractivity contribution in [2.24, 2.45) is 0 Å². The van der Waals surface area contributed by atoms with Gasteiger partial charge >= 0.3 is 0 Å². The van der Waals surface area contributed by atoms with Crippen molar-refractivity contribution in [3.05, 3.63) is 59.9 Å². The fourth-order valence-corrected chi connectivity index (χ4v) is 4.19. The highest BCUT2D eigenvalue weighted by Gasteiger charge is 2.18. The Morgan fingerprint density at radius 1 is 0.963 bits per heavy atom. The van der Waals surface area contributed by atoms with E-state index in [1.807, 2.05) is 53.2 Å². The minimum atomic E-state index is -0.115. The Morgan fingerprint density at radius 2 is 1.70 bits per heavy atom. The Morgan fingerprint density at radius 3 is 2.48 bits per heavy atom. The van der Waals surface area contributed by atoms with Crippen molar-refractivity contribution in [2.45, 2.75) is 32.2 Å². The number of anilines is 1. The number of rotatable bonds is 5. The van der Waals surface area contributed by atoms with Gasteiger partial charge in [0.2, 0.25) is 10.3 Å². The number of benzene rings is 1. The molecule has 1 aliphatic rings. The standard InChI is InChI=1S/C20H23N5OS/c26-18(21-15-16-9-4-3-5-10-16)17-11-8-14-25(17)20-23-22-19(27-20)24-12-6-1-2-7-13-24/h3-5,8-11,14H,1-2,6-7,12-13,15H2,(H,21,26). The molecule has 3 aromatic rings. The molecular formula is C20H23N5OS. The largest absolute Gasteiger partial charge is 0.347 e. The van der Waals surface area contributed by atoms with Gasteiger partial charge in [-0.2, -0.15) is 0 Å². The number of hydrogen-bond donors (Lipinski definition) is 1. The Bertz CT molecular complexity index is 881. The number of aromatic nitrogens is 3. The van der Waals surface area contributed by atoms with Crippen molar-refractivity contribution in [2.75, 3.05) is 18.0 Å². The van der Waals surface area contributed by atoms with Crippen LogP contribution in [0.25, 0.3) is 5.13 Å². The fraction of sp³-hybridized carbons (Fsp3) is 0.350. The van der Waals surface area contributed by atoms with Gasteiger partial charge < -0.3 is 10.2 Å². The molecule has 1 aliphatic heterocycles. The third-order valence-electron chi connectivity index (χ3n) is 4.76. The third kappa shape index (κ3) is 4.19. The van der Waals surface area contributed by atoms with E-state index in [2.05, 4.69) is 20.4 Å². The summed E-state index contributed by atoms with van der Waals surface area (Å²) in [6.45, 7) is 2.56. The molecule has 1 fully saturated rings. The number of amides is 1. The van der Waals surface area contributed by atoms with Crippen LogP contribution in [-0.2, 0) is 6.54 Å². The van der Waals surface area contributed by atoms with Crippen LogP contribution in [0.3, 0.4) is 0 Å². The second-order valence-corrected chi connectivity index (χ2v) is 7.63. The minimum absolute atomic E-state index is 0.115. The first kappa shape index (κ1) is 17.7. The molecule has 1 aromatic carbocycles. The molecule has 0 aliphatic carbocycles. The summed E-state index contributed by atoms with van der Waals surface area (Å²) in [6, 6.07) is 13.6. The molecule has 140 valence electrons. The Hall–Kier alpha value is -2.67. The van der Waals surface area contributed by atoms with Gasteiger partial charge in [-0.3, -0.25) is 9.36 Å². The van der Waals surface area contributed by atoms with Crippen molar-refractivity contribution >= 4 is 22.4 Å². The first-order chi connectivity index (χ1) is 13.3. The lowest BCUT2D eigenvalue weighted by Crippen LogP contribution is -2.25. The molecule has 1 saturated heterocycles. The summed E-state index contributed by atoms with van der Waals surface area (Å²) in [4.78, 5) is 15.0. The fourth-order valence-electron chi connectivity index (χ4n) is 3.30. The molecule has 0 spiro atoms. The van der Waals surface area contributed by atoms with E-state index in [1.165, 1.54) is 37.0 Å². The van der Waals surface area contributed by atoms with Crippen LogP contribution in [0.2, 0.25) is 0 Å². The average molecular weight is 382 g/mol. The summed E-state index contributed by atoms with van der Waals surface area (Å²) in [5.74, 6) is -0.115. The summed E-state index contributed by atoms with van der Waals surface area (Å²) >= 11 is 1.54. The summed E-state index contributed by atoms with van der Waals surface area (Å²) < 4.78 is 1.82. The number of carbonyl (C=O) groups is 1. The number of nitrogens with zero attached hydrogens (tertiary/aromatic N) is 4. The SMILES string of the molecule is O=C(NCc1ccccc1)c1cccn1-c1nnc(N2CCCCCC2)s1. The van der Waals surface area contributed by atoms with Gasteiger partial charge in [-0.25, -0.2) is 0 Å². The van der Waals surface area contributed by atoms with Crippen LogP contribution >= 0.6 is 11.3 Å². The van der Waals surface area contributed by atoms with Gasteiger partial charge in [0.15, 0.2) is 0 Å². The Kier molecular flexibility index (Phi) is 5.48. The van der Waals surface area contributed by atoms with E-state index in [4.69, 9.17) is 0 Å². The van der Waals surface area contributed by atoms with Crippen LogP contribution in [0.5, 0.6) is 0 Å². The molecule has 4 rings (SSSR count). The van der Waals surface area contributed by atoms with E-state index in [0.29, 0.717) is 12.2 Å². The van der Waals surface area contributed by atoms with E-state index >= 15 is 0 Å². The van der Waals surface area contributed by atoms with Crippen LogP contribution in [-0.4, -0.2) is 33.8 Å². The predicted octanol–water partition coefficient (Wildman–Crippen LogP) is 3.64. The van der Waals surface area contributed by atoms with E-state index in [9.17, 15) is 4.79 Å². The molecule has 0 bridgehead atoms. The summed E-state index contributed by atoms with van der Waals surface area (Å²) in [7, 11) is 0. The molecule has 3 heterocycles. The molecule has 0 unspecified atom stereocenters. The predicted molar refractivity (Wildman–Crippen MR) is 108 cm³/mol. The van der Waals surface area contributed by atoms with Gasteiger partial charge in [0.25, 0.3) is 5.91 Å². The maximum Gasteiger partial charge on any atom is 0.268 e. The zero-order valence-electron chi connectivity index (χ0n) is 15.2. The lowest BCUT2D eigenvalue weighted by molar-refractivity contribution is 0.0944. The highest BCUT2D eigenvalue weighted by atomic mass is 32.1. The van der Waals surface area contributed by atoms with Crippen LogP contribution in [0.1, 0.15) is 41.7 Å². The van der Waals surface area contributed by atoms with E-state index in [0.717, 1.165) is 28.9 Å².